The van der Waals surface area contributed by atoms with Crippen LogP contribution in [0, 0.1) is 23.7 Å². The van der Waals surface area contributed by atoms with Crippen LogP contribution in [0.15, 0.2) is 72.8 Å². The molecule has 1 N–H and O–H groups in total. The molecular weight excluding hydrogens is 539 g/mol. The number of carbonyl (C=O) groups is 4. The number of benzene rings is 3. The summed E-state index contributed by atoms with van der Waals surface area (Å²) in [5.41, 5.74) is 1.98. The first kappa shape index (κ1) is 25.6. The fourth-order valence-corrected chi connectivity index (χ4v) is 6.90. The average molecular weight is 563 g/mol. The molecule has 1 aliphatic heterocycles. The number of hydrogen-bond donors (Lipinski definition) is 1. The zero-order chi connectivity index (χ0) is 27.3. The maximum Gasteiger partial charge on any atom is 0.338 e. The van der Waals surface area contributed by atoms with Gasteiger partial charge in [0, 0.05) is 5.02 Å². The number of nitrogens with zero attached hydrogens (tertiary/aromatic N) is 1. The molecule has 198 valence electrons. The van der Waals surface area contributed by atoms with Gasteiger partial charge < -0.3 is 10.1 Å². The van der Waals surface area contributed by atoms with Gasteiger partial charge in [-0.2, -0.15) is 0 Å². The van der Waals surface area contributed by atoms with Gasteiger partial charge in [-0.05, 0) is 72.6 Å². The second-order valence-corrected chi connectivity index (χ2v) is 11.1. The normalized spacial score (nSPS) is 25.1. The second kappa shape index (κ2) is 10.1. The number of ether oxygens (including phenoxy) is 1. The van der Waals surface area contributed by atoms with Gasteiger partial charge >= 0.3 is 5.97 Å². The van der Waals surface area contributed by atoms with E-state index in [9.17, 15) is 19.2 Å². The predicted octanol–water partition coefficient (Wildman–Crippen LogP) is 5.72. The number of halogens is 2. The van der Waals surface area contributed by atoms with Crippen LogP contribution < -0.4 is 10.2 Å². The van der Waals surface area contributed by atoms with Crippen LogP contribution in [0.2, 0.25) is 10.0 Å². The first-order valence-corrected chi connectivity index (χ1v) is 13.5. The summed E-state index contributed by atoms with van der Waals surface area (Å²) in [4.78, 5) is 53.3. The zero-order valence-corrected chi connectivity index (χ0v) is 22.2. The molecule has 3 amide bonds. The minimum absolute atomic E-state index is 0.128. The van der Waals surface area contributed by atoms with Gasteiger partial charge in [-0.15, -0.1) is 0 Å². The Morgan fingerprint density at radius 3 is 2.46 bits per heavy atom. The number of hydrogen-bond acceptors (Lipinski definition) is 5. The molecule has 3 aromatic rings. The van der Waals surface area contributed by atoms with Gasteiger partial charge in [0.2, 0.25) is 11.8 Å². The Balaban J connectivity index is 1.14. The van der Waals surface area contributed by atoms with E-state index < -0.39 is 18.5 Å². The Bertz CT molecular complexity index is 1490. The molecule has 0 spiro atoms. The van der Waals surface area contributed by atoms with Crippen molar-refractivity contribution in [1.29, 1.82) is 0 Å². The molecule has 5 atom stereocenters. The number of esters is 1. The second-order valence-electron chi connectivity index (χ2n) is 10.3. The molecular formula is C30H24Cl2N2O5. The van der Waals surface area contributed by atoms with Crippen LogP contribution >= 0.6 is 23.2 Å². The van der Waals surface area contributed by atoms with Crippen molar-refractivity contribution >= 4 is 58.3 Å². The van der Waals surface area contributed by atoms with Crippen LogP contribution in [0.1, 0.15) is 34.7 Å². The van der Waals surface area contributed by atoms with Crippen LogP contribution in [0.4, 0.5) is 11.4 Å². The molecule has 2 bridgehead atoms. The Labute approximate surface area is 235 Å². The van der Waals surface area contributed by atoms with Crippen molar-refractivity contribution in [1.82, 2.24) is 0 Å². The number of rotatable bonds is 6. The van der Waals surface area contributed by atoms with E-state index in [-0.39, 0.29) is 47.0 Å². The van der Waals surface area contributed by atoms with Crippen molar-refractivity contribution in [2.45, 2.75) is 18.8 Å². The molecule has 2 aliphatic carbocycles. The van der Waals surface area contributed by atoms with E-state index >= 15 is 0 Å². The van der Waals surface area contributed by atoms with E-state index in [0.717, 1.165) is 12.8 Å². The highest BCUT2D eigenvalue weighted by Gasteiger charge is 2.64. The number of nitrogens with one attached hydrogen (secondary N) is 1. The number of anilines is 2. The van der Waals surface area contributed by atoms with Crippen LogP contribution in [0.3, 0.4) is 0 Å². The third-order valence-electron chi connectivity index (χ3n) is 8.12. The Morgan fingerprint density at radius 1 is 0.897 bits per heavy atom. The zero-order valence-electron chi connectivity index (χ0n) is 20.7. The van der Waals surface area contributed by atoms with E-state index in [1.807, 2.05) is 18.2 Å². The molecule has 3 fully saturated rings. The van der Waals surface area contributed by atoms with Crippen molar-refractivity contribution in [2.24, 2.45) is 23.7 Å². The fraction of sp³-hybridized carbons (Fsp3) is 0.267. The standard InChI is InChI=1S/C30H24Cl2N2O5/c31-19-9-10-23(32)24(14-19)33-25(35)15-39-30(38)17-7-4-8-20(11-17)34-28(36)26-18-12-21(16-5-2-1-3-6-16)22(13-18)27(26)29(34)37/h1-11,14,18,21-22,26-27H,12-13,15H2,(H,33,35)/t18-,21+,22+,26+,27-/m0/s1. The predicted molar refractivity (Wildman–Crippen MR) is 147 cm³/mol. The van der Waals surface area contributed by atoms with E-state index in [4.69, 9.17) is 27.9 Å². The third kappa shape index (κ3) is 4.60. The molecule has 0 aromatic heterocycles. The van der Waals surface area contributed by atoms with Gasteiger partial charge in [-0.3, -0.25) is 19.3 Å². The van der Waals surface area contributed by atoms with Gasteiger partial charge in [0.05, 0.1) is 33.8 Å². The quantitative estimate of drug-likeness (QED) is 0.306. The first-order valence-electron chi connectivity index (χ1n) is 12.8. The molecule has 9 heteroatoms. The molecule has 6 rings (SSSR count). The van der Waals surface area contributed by atoms with Crippen LogP contribution in [-0.4, -0.2) is 30.3 Å². The molecule has 7 nitrogen and oxygen atoms in total. The molecule has 1 heterocycles. The summed E-state index contributed by atoms with van der Waals surface area (Å²) in [6.45, 7) is -0.554. The summed E-state index contributed by atoms with van der Waals surface area (Å²) in [6.07, 6.45) is 1.78. The Hall–Kier alpha value is -3.68. The third-order valence-corrected chi connectivity index (χ3v) is 8.68. The van der Waals surface area contributed by atoms with Gasteiger partial charge in [0.1, 0.15) is 0 Å². The van der Waals surface area contributed by atoms with E-state index in [2.05, 4.69) is 17.4 Å². The maximum atomic E-state index is 13.6. The van der Waals surface area contributed by atoms with Crippen molar-refractivity contribution in [3.8, 4) is 0 Å². The SMILES string of the molecule is O=C(COC(=O)c1cccc(N2C(=O)[C@@H]3[C@@H]4C[C@@H]([C@@H]3C2=O)[C@@H](c2ccccc2)C4)c1)Nc1cc(Cl)ccc1Cl. The highest BCUT2D eigenvalue weighted by Crippen LogP contribution is 2.61. The molecule has 39 heavy (non-hydrogen) atoms. The number of imide groups is 1. The van der Waals surface area contributed by atoms with Crippen molar-refractivity contribution in [3.63, 3.8) is 0 Å². The molecule has 3 aliphatic rings. The van der Waals surface area contributed by atoms with Crippen LogP contribution in [0.25, 0.3) is 0 Å². The minimum atomic E-state index is -0.757. The first-order chi connectivity index (χ1) is 18.8. The smallest absolute Gasteiger partial charge is 0.338 e. The lowest BCUT2D eigenvalue weighted by Crippen LogP contribution is -2.33. The van der Waals surface area contributed by atoms with Gasteiger partial charge in [-0.1, -0.05) is 59.6 Å². The molecule has 1 saturated heterocycles. The largest absolute Gasteiger partial charge is 0.452 e. The minimum Gasteiger partial charge on any atom is -0.452 e. The summed E-state index contributed by atoms with van der Waals surface area (Å²) >= 11 is 12.0. The van der Waals surface area contributed by atoms with Gasteiger partial charge in [0.15, 0.2) is 6.61 Å². The summed E-state index contributed by atoms with van der Waals surface area (Å²) in [5, 5.41) is 3.23. The lowest BCUT2D eigenvalue weighted by Gasteiger charge is -2.28. The van der Waals surface area contributed by atoms with E-state index in [0.29, 0.717) is 21.4 Å². The summed E-state index contributed by atoms with van der Waals surface area (Å²) in [6, 6.07) is 21.0. The lowest BCUT2D eigenvalue weighted by molar-refractivity contribution is -0.123. The number of fused-ring (bicyclic) bond motifs is 5. The van der Waals surface area contributed by atoms with Crippen molar-refractivity contribution in [2.75, 3.05) is 16.8 Å². The molecule has 2 saturated carbocycles. The van der Waals surface area contributed by atoms with Gasteiger partial charge in [-0.25, -0.2) is 4.79 Å². The van der Waals surface area contributed by atoms with Crippen LogP contribution in [0.5, 0.6) is 0 Å². The summed E-state index contributed by atoms with van der Waals surface area (Å²) in [7, 11) is 0. The summed E-state index contributed by atoms with van der Waals surface area (Å²) < 4.78 is 5.17. The fourth-order valence-electron chi connectivity index (χ4n) is 6.56. The maximum absolute atomic E-state index is 13.6. The van der Waals surface area contributed by atoms with E-state index in [1.54, 1.807) is 24.3 Å². The highest BCUT2D eigenvalue weighted by molar-refractivity contribution is 6.35. The molecule has 0 unspecified atom stereocenters. The number of amides is 3. The topological polar surface area (TPSA) is 92.8 Å². The molecule has 3 aromatic carbocycles. The molecule has 0 radical (unpaired) electrons. The Morgan fingerprint density at radius 2 is 1.67 bits per heavy atom. The highest BCUT2D eigenvalue weighted by atomic mass is 35.5. The number of carbonyl (C=O) groups excluding carboxylic acids is 4. The lowest BCUT2D eigenvalue weighted by atomic mass is 9.73. The van der Waals surface area contributed by atoms with Crippen LogP contribution in [-0.2, 0) is 19.1 Å². The average Bonchev–Trinajstić information content (AvgIpc) is 3.61. The van der Waals surface area contributed by atoms with Crippen molar-refractivity contribution in [3.05, 3.63) is 94.0 Å². The van der Waals surface area contributed by atoms with Gasteiger partial charge in [0.25, 0.3) is 5.91 Å². The van der Waals surface area contributed by atoms with E-state index in [1.165, 1.54) is 28.7 Å². The summed E-state index contributed by atoms with van der Waals surface area (Å²) in [5.74, 6) is -1.86. The monoisotopic (exact) mass is 562 g/mol. The van der Waals surface area contributed by atoms with Crippen molar-refractivity contribution < 1.29 is 23.9 Å². The Kier molecular flexibility index (Phi) is 6.65.